The molecule has 0 fully saturated rings. The van der Waals surface area contributed by atoms with Crippen LogP contribution in [0.4, 0.5) is 5.69 Å². The van der Waals surface area contributed by atoms with E-state index in [-0.39, 0.29) is 24.9 Å². The largest absolute Gasteiger partial charge is 0.346 e. The summed E-state index contributed by atoms with van der Waals surface area (Å²) in [6, 6.07) is 0. The monoisotopic (exact) mass is 209 g/mol. The molecule has 0 saturated carbocycles. The van der Waals surface area contributed by atoms with Crippen molar-refractivity contribution in [3.8, 4) is 0 Å². The Morgan fingerprint density at radius 1 is 1.27 bits per heavy atom. The first-order chi connectivity index (χ1) is 7.22. The van der Waals surface area contributed by atoms with Crippen LogP contribution < -0.4 is 16.4 Å². The van der Waals surface area contributed by atoms with Crippen molar-refractivity contribution in [1.82, 2.24) is 15.3 Å². The summed E-state index contributed by atoms with van der Waals surface area (Å²) < 4.78 is 0. The van der Waals surface area contributed by atoms with Gasteiger partial charge in [0.25, 0.3) is 0 Å². The molecule has 0 atom stereocenters. The van der Waals surface area contributed by atoms with Crippen LogP contribution in [0.1, 0.15) is 0 Å². The number of carbonyl (C=O) groups is 2. The van der Waals surface area contributed by atoms with Gasteiger partial charge in [0.15, 0.2) is 0 Å². The molecule has 0 bridgehead atoms. The summed E-state index contributed by atoms with van der Waals surface area (Å²) in [5.74, 6) is -0.735. The summed E-state index contributed by atoms with van der Waals surface area (Å²) in [6.07, 6.45) is 4.26. The first-order valence-electron chi connectivity index (χ1n) is 4.24. The molecule has 0 aliphatic carbocycles. The first kappa shape index (κ1) is 11.1. The zero-order valence-corrected chi connectivity index (χ0v) is 7.93. The predicted molar refractivity (Wildman–Crippen MR) is 52.7 cm³/mol. The van der Waals surface area contributed by atoms with Gasteiger partial charge in [0.05, 0.1) is 31.2 Å². The van der Waals surface area contributed by atoms with Gasteiger partial charge >= 0.3 is 0 Å². The zero-order valence-electron chi connectivity index (χ0n) is 7.93. The van der Waals surface area contributed by atoms with E-state index in [1.54, 1.807) is 0 Å². The van der Waals surface area contributed by atoms with Gasteiger partial charge in [-0.2, -0.15) is 0 Å². The Hall–Kier alpha value is -2.02. The van der Waals surface area contributed by atoms with Crippen molar-refractivity contribution in [3.05, 3.63) is 18.7 Å². The summed E-state index contributed by atoms with van der Waals surface area (Å²) in [6.45, 7) is -0.257. The molecule has 0 aliphatic rings. The molecule has 0 spiro atoms. The minimum absolute atomic E-state index is 0.120. The lowest BCUT2D eigenvalue weighted by Gasteiger charge is -2.04. The van der Waals surface area contributed by atoms with Gasteiger partial charge in [0.1, 0.15) is 6.33 Å². The van der Waals surface area contributed by atoms with Crippen molar-refractivity contribution in [2.24, 2.45) is 5.73 Å². The molecule has 1 aromatic heterocycles. The van der Waals surface area contributed by atoms with E-state index in [1.807, 2.05) is 0 Å². The number of rotatable bonds is 4. The minimum atomic E-state index is -0.380. The third-order valence-corrected chi connectivity index (χ3v) is 1.48. The highest BCUT2D eigenvalue weighted by molar-refractivity contribution is 5.94. The summed E-state index contributed by atoms with van der Waals surface area (Å²) in [5, 5.41) is 4.84. The lowest BCUT2D eigenvalue weighted by Crippen LogP contribution is -2.36. The van der Waals surface area contributed by atoms with Crippen LogP contribution in [-0.4, -0.2) is 34.9 Å². The van der Waals surface area contributed by atoms with E-state index in [0.717, 1.165) is 0 Å². The Balaban J connectivity index is 2.34. The fourth-order valence-corrected chi connectivity index (χ4v) is 0.820. The van der Waals surface area contributed by atoms with Crippen molar-refractivity contribution in [1.29, 1.82) is 0 Å². The Morgan fingerprint density at radius 3 is 2.53 bits per heavy atom. The van der Waals surface area contributed by atoms with E-state index in [9.17, 15) is 9.59 Å². The third kappa shape index (κ3) is 4.14. The highest BCUT2D eigenvalue weighted by Crippen LogP contribution is 1.98. The molecule has 1 aromatic rings. The van der Waals surface area contributed by atoms with Gasteiger partial charge < -0.3 is 16.4 Å². The van der Waals surface area contributed by atoms with E-state index in [0.29, 0.717) is 5.69 Å². The second-order valence-electron chi connectivity index (χ2n) is 2.66. The average Bonchev–Trinajstić information content (AvgIpc) is 2.27. The molecule has 4 N–H and O–H groups in total. The van der Waals surface area contributed by atoms with Gasteiger partial charge in [-0.1, -0.05) is 0 Å². The molecule has 15 heavy (non-hydrogen) atoms. The number of nitrogens with two attached hydrogens (primary N) is 1. The topological polar surface area (TPSA) is 110 Å². The number of nitrogens with zero attached hydrogens (tertiary/aromatic N) is 2. The van der Waals surface area contributed by atoms with Crippen molar-refractivity contribution in [2.75, 3.05) is 18.4 Å². The quantitative estimate of drug-likeness (QED) is 0.558. The maximum atomic E-state index is 11.2. The summed E-state index contributed by atoms with van der Waals surface area (Å²) in [5.41, 5.74) is 5.52. The molecule has 2 amide bonds. The molecular formula is C8H11N5O2. The molecule has 0 aromatic carbocycles. The molecule has 0 aliphatic heterocycles. The minimum Gasteiger partial charge on any atom is -0.346 e. The van der Waals surface area contributed by atoms with Crippen LogP contribution in [0.2, 0.25) is 0 Å². The number of anilines is 1. The van der Waals surface area contributed by atoms with Crippen LogP contribution in [0.3, 0.4) is 0 Å². The van der Waals surface area contributed by atoms with Gasteiger partial charge in [-0.05, 0) is 0 Å². The summed E-state index contributed by atoms with van der Waals surface area (Å²) in [7, 11) is 0. The van der Waals surface area contributed by atoms with E-state index in [1.165, 1.54) is 18.7 Å². The van der Waals surface area contributed by atoms with Crippen LogP contribution in [0.25, 0.3) is 0 Å². The second-order valence-corrected chi connectivity index (χ2v) is 2.66. The Bertz CT molecular complexity index is 340. The molecule has 0 radical (unpaired) electrons. The molecule has 1 rings (SSSR count). The number of hydrogen-bond acceptors (Lipinski definition) is 5. The van der Waals surface area contributed by atoms with Gasteiger partial charge in [-0.25, -0.2) is 9.97 Å². The molecular weight excluding hydrogens is 198 g/mol. The smallest absolute Gasteiger partial charge is 0.243 e. The number of amides is 2. The maximum Gasteiger partial charge on any atom is 0.243 e. The molecule has 0 saturated heterocycles. The SMILES string of the molecule is NCC(=O)NCC(=O)Nc1cncnc1. The Morgan fingerprint density at radius 2 is 1.93 bits per heavy atom. The van der Waals surface area contributed by atoms with Gasteiger partial charge in [-0.3, -0.25) is 9.59 Å². The maximum absolute atomic E-state index is 11.2. The van der Waals surface area contributed by atoms with Crippen molar-refractivity contribution in [3.63, 3.8) is 0 Å². The number of nitrogens with one attached hydrogen (secondary N) is 2. The predicted octanol–water partition coefficient (Wildman–Crippen LogP) is -1.51. The number of carbonyl (C=O) groups excluding carboxylic acids is 2. The Labute approximate surface area is 86.1 Å². The van der Waals surface area contributed by atoms with Crippen molar-refractivity contribution in [2.45, 2.75) is 0 Å². The normalized spacial score (nSPS) is 9.40. The van der Waals surface area contributed by atoms with Gasteiger partial charge in [-0.15, -0.1) is 0 Å². The van der Waals surface area contributed by atoms with Crippen LogP contribution in [-0.2, 0) is 9.59 Å². The highest BCUT2D eigenvalue weighted by atomic mass is 16.2. The standard InChI is InChI=1S/C8H11N5O2/c9-1-7(14)12-4-8(15)13-6-2-10-5-11-3-6/h2-3,5H,1,4,9H2,(H,12,14)(H,13,15). The molecule has 1 heterocycles. The highest BCUT2D eigenvalue weighted by Gasteiger charge is 2.04. The molecule has 80 valence electrons. The molecule has 0 unspecified atom stereocenters. The van der Waals surface area contributed by atoms with Gasteiger partial charge in [0.2, 0.25) is 11.8 Å². The zero-order chi connectivity index (χ0) is 11.1. The first-order valence-corrected chi connectivity index (χ1v) is 4.24. The lowest BCUT2D eigenvalue weighted by molar-refractivity contribution is -0.123. The van der Waals surface area contributed by atoms with E-state index in [2.05, 4.69) is 20.6 Å². The van der Waals surface area contributed by atoms with E-state index in [4.69, 9.17) is 5.73 Å². The van der Waals surface area contributed by atoms with Crippen LogP contribution in [0.15, 0.2) is 18.7 Å². The lowest BCUT2D eigenvalue weighted by atomic mass is 10.4. The summed E-state index contributed by atoms with van der Waals surface area (Å²) in [4.78, 5) is 29.4. The number of hydrogen-bond donors (Lipinski definition) is 3. The summed E-state index contributed by atoms with van der Waals surface area (Å²) >= 11 is 0. The third-order valence-electron chi connectivity index (χ3n) is 1.48. The second kappa shape index (κ2) is 5.66. The average molecular weight is 209 g/mol. The van der Waals surface area contributed by atoms with Gasteiger partial charge in [0, 0.05) is 0 Å². The van der Waals surface area contributed by atoms with Crippen molar-refractivity contribution < 1.29 is 9.59 Å². The van der Waals surface area contributed by atoms with Crippen LogP contribution in [0, 0.1) is 0 Å². The fourth-order valence-electron chi connectivity index (χ4n) is 0.820. The van der Waals surface area contributed by atoms with Crippen molar-refractivity contribution >= 4 is 17.5 Å². The van der Waals surface area contributed by atoms with Crippen LogP contribution >= 0.6 is 0 Å². The Kier molecular flexibility index (Phi) is 4.17. The fraction of sp³-hybridized carbons (Fsp3) is 0.250. The molecule has 7 heteroatoms. The van der Waals surface area contributed by atoms with E-state index < -0.39 is 0 Å². The van der Waals surface area contributed by atoms with E-state index >= 15 is 0 Å². The molecule has 7 nitrogen and oxygen atoms in total. The van der Waals surface area contributed by atoms with Crippen LogP contribution in [0.5, 0.6) is 0 Å². The number of aromatic nitrogens is 2.